The van der Waals surface area contributed by atoms with Gasteiger partial charge in [0.25, 0.3) is 0 Å². The van der Waals surface area contributed by atoms with Crippen molar-refractivity contribution in [1.82, 2.24) is 9.78 Å². The van der Waals surface area contributed by atoms with Crippen LogP contribution >= 0.6 is 0 Å². The normalized spacial score (nSPS) is 14.1. The number of aryl methyl sites for hydroxylation is 1. The van der Waals surface area contributed by atoms with E-state index in [1.807, 2.05) is 30.3 Å². The number of nitrogen functional groups attached to an aromatic ring is 1. The molecule has 1 heterocycles. The number of benzene rings is 3. The first-order valence-corrected chi connectivity index (χ1v) is 11.2. The second-order valence-electron chi connectivity index (χ2n) is 8.45. The van der Waals surface area contributed by atoms with Crippen LogP contribution in [-0.4, -0.2) is 34.2 Å². The molecule has 5 rings (SSSR count). The number of aromatic nitrogens is 2. The minimum atomic E-state index is -1.23. The monoisotopic (exact) mass is 465 g/mol. The third-order valence-electron chi connectivity index (χ3n) is 6.47. The number of nitrogens with zero attached hydrogens (tertiary/aromatic N) is 2. The van der Waals surface area contributed by atoms with Gasteiger partial charge in [-0.15, -0.1) is 0 Å². The summed E-state index contributed by atoms with van der Waals surface area (Å²) in [6.07, 6.45) is 0. The van der Waals surface area contributed by atoms with Crippen LogP contribution in [0.2, 0.25) is 0 Å². The van der Waals surface area contributed by atoms with Gasteiger partial charge in [0.1, 0.15) is 17.5 Å². The number of hydrogen-bond acceptors (Lipinski definition) is 6. The second-order valence-corrected chi connectivity index (χ2v) is 8.45. The quantitative estimate of drug-likeness (QED) is 0.334. The molecule has 4 aromatic rings. The van der Waals surface area contributed by atoms with Crippen molar-refractivity contribution in [3.8, 4) is 11.4 Å². The summed E-state index contributed by atoms with van der Waals surface area (Å²) in [5.41, 5.74) is 9.13. The number of para-hydroxylation sites is 1. The molecule has 7 heteroatoms. The summed E-state index contributed by atoms with van der Waals surface area (Å²) >= 11 is 0. The van der Waals surface area contributed by atoms with Gasteiger partial charge < -0.3 is 10.5 Å². The molecule has 35 heavy (non-hydrogen) atoms. The van der Waals surface area contributed by atoms with Crippen LogP contribution in [0.15, 0.2) is 78.9 Å². The van der Waals surface area contributed by atoms with Crippen LogP contribution in [-0.2, 0) is 0 Å². The van der Waals surface area contributed by atoms with Crippen LogP contribution < -0.4 is 10.5 Å². The molecule has 7 nitrogen and oxygen atoms in total. The summed E-state index contributed by atoms with van der Waals surface area (Å²) in [6, 6.07) is 22.5. The number of carbonyl (C=O) groups is 3. The van der Waals surface area contributed by atoms with Gasteiger partial charge in [0.05, 0.1) is 24.4 Å². The number of rotatable bonds is 6. The van der Waals surface area contributed by atoms with Gasteiger partial charge in [0, 0.05) is 22.3 Å². The molecule has 1 unspecified atom stereocenters. The Balaban J connectivity index is 1.69. The highest BCUT2D eigenvalue weighted by atomic mass is 16.5. The van der Waals surface area contributed by atoms with Gasteiger partial charge in [-0.25, -0.2) is 4.68 Å². The molecule has 0 radical (unpaired) electrons. The second kappa shape index (κ2) is 8.68. The van der Waals surface area contributed by atoms with Crippen LogP contribution in [0.4, 0.5) is 5.82 Å². The fraction of sp³-hybridized carbons (Fsp3) is 0.143. The molecule has 3 aromatic carbocycles. The Morgan fingerprint density at radius 2 is 1.49 bits per heavy atom. The van der Waals surface area contributed by atoms with Crippen molar-refractivity contribution in [2.75, 3.05) is 12.8 Å². The Morgan fingerprint density at radius 3 is 2.06 bits per heavy atom. The molecule has 1 aromatic heterocycles. The van der Waals surface area contributed by atoms with E-state index in [1.165, 1.54) is 11.8 Å². The minimum Gasteiger partial charge on any atom is -0.497 e. The van der Waals surface area contributed by atoms with Gasteiger partial charge in [-0.1, -0.05) is 42.5 Å². The van der Waals surface area contributed by atoms with E-state index in [0.29, 0.717) is 39.4 Å². The van der Waals surface area contributed by atoms with Crippen LogP contribution in [0.3, 0.4) is 0 Å². The van der Waals surface area contributed by atoms with Crippen molar-refractivity contribution in [3.05, 3.63) is 107 Å². The molecule has 1 atom stereocenters. The maximum Gasteiger partial charge on any atom is 0.175 e. The number of hydrogen-bond donors (Lipinski definition) is 1. The van der Waals surface area contributed by atoms with Gasteiger partial charge in [-0.05, 0) is 43.3 Å². The van der Waals surface area contributed by atoms with Crippen LogP contribution in [0.25, 0.3) is 5.69 Å². The lowest BCUT2D eigenvalue weighted by Gasteiger charge is -2.21. The molecule has 0 saturated heterocycles. The maximum atomic E-state index is 14.0. The summed E-state index contributed by atoms with van der Waals surface area (Å²) in [7, 11) is 1.54. The Morgan fingerprint density at radius 1 is 0.914 bits per heavy atom. The highest BCUT2D eigenvalue weighted by Crippen LogP contribution is 2.42. The molecule has 1 aliphatic rings. The van der Waals surface area contributed by atoms with E-state index in [4.69, 9.17) is 10.5 Å². The fourth-order valence-corrected chi connectivity index (χ4v) is 4.76. The fourth-order valence-electron chi connectivity index (χ4n) is 4.76. The highest BCUT2D eigenvalue weighted by Gasteiger charge is 2.48. The number of carbonyl (C=O) groups excluding carboxylic acids is 3. The standard InChI is InChI=1S/C28H23N3O4/c1-16-22(28(29)31(30-16)18-8-4-3-5-9-18)23(25(32)17-12-14-19(35-2)15-13-17)24-26(33)20-10-6-7-11-21(20)27(24)34/h3-15,23-24H,29H2,1-2H3. The molecule has 0 saturated carbocycles. The van der Waals surface area contributed by atoms with Crippen LogP contribution in [0.1, 0.15) is 48.2 Å². The number of anilines is 1. The van der Waals surface area contributed by atoms with E-state index in [-0.39, 0.29) is 23.2 Å². The summed E-state index contributed by atoms with van der Waals surface area (Å²) in [4.78, 5) is 41.0. The number of fused-ring (bicyclic) bond motifs is 1. The molecule has 0 amide bonds. The van der Waals surface area contributed by atoms with Gasteiger partial charge in [0.2, 0.25) is 0 Å². The van der Waals surface area contributed by atoms with Gasteiger partial charge >= 0.3 is 0 Å². The molecule has 174 valence electrons. The number of ketones is 3. The first kappa shape index (κ1) is 22.3. The smallest absolute Gasteiger partial charge is 0.175 e. The molecule has 0 spiro atoms. The zero-order valence-corrected chi connectivity index (χ0v) is 19.3. The molecule has 1 aliphatic carbocycles. The molecule has 0 bridgehead atoms. The molecule has 0 aliphatic heterocycles. The van der Waals surface area contributed by atoms with Gasteiger partial charge in [-0.2, -0.15) is 5.10 Å². The minimum absolute atomic E-state index is 0.220. The van der Waals surface area contributed by atoms with Crippen molar-refractivity contribution in [1.29, 1.82) is 0 Å². The predicted molar refractivity (Wildman–Crippen MR) is 131 cm³/mol. The topological polar surface area (TPSA) is 104 Å². The SMILES string of the molecule is COc1ccc(C(=O)C(c2c(C)nn(-c3ccccc3)c2N)C2C(=O)c3ccccc3C2=O)cc1. The van der Waals surface area contributed by atoms with E-state index >= 15 is 0 Å². The largest absolute Gasteiger partial charge is 0.497 e. The molecular weight excluding hydrogens is 442 g/mol. The first-order valence-electron chi connectivity index (χ1n) is 11.2. The van der Waals surface area contributed by atoms with E-state index in [2.05, 4.69) is 5.10 Å². The predicted octanol–water partition coefficient (Wildman–Crippen LogP) is 4.43. The van der Waals surface area contributed by atoms with Crippen molar-refractivity contribution in [2.45, 2.75) is 12.8 Å². The van der Waals surface area contributed by atoms with E-state index in [1.54, 1.807) is 55.5 Å². The van der Waals surface area contributed by atoms with Gasteiger partial charge in [0.15, 0.2) is 17.3 Å². The van der Waals surface area contributed by atoms with E-state index in [0.717, 1.165) is 0 Å². The number of ether oxygens (including phenoxy) is 1. The lowest BCUT2D eigenvalue weighted by molar-refractivity contribution is 0.0757. The van der Waals surface area contributed by atoms with Gasteiger partial charge in [-0.3, -0.25) is 14.4 Å². The number of nitrogens with two attached hydrogens (primary N) is 1. The van der Waals surface area contributed by atoms with Crippen molar-refractivity contribution >= 4 is 23.2 Å². The summed E-state index contributed by atoms with van der Waals surface area (Å²) in [5, 5.41) is 4.57. The third kappa shape index (κ3) is 3.61. The molecule has 0 fully saturated rings. The van der Waals surface area contributed by atoms with Crippen molar-refractivity contribution in [2.24, 2.45) is 5.92 Å². The zero-order valence-electron chi connectivity index (χ0n) is 19.3. The Hall–Kier alpha value is -4.52. The van der Waals surface area contributed by atoms with Crippen LogP contribution in [0.5, 0.6) is 5.75 Å². The number of methoxy groups -OCH3 is 1. The van der Waals surface area contributed by atoms with E-state index in [9.17, 15) is 14.4 Å². The molecule has 2 N–H and O–H groups in total. The molecular formula is C28H23N3O4. The van der Waals surface area contributed by atoms with Crippen LogP contribution in [0, 0.1) is 12.8 Å². The summed E-state index contributed by atoms with van der Waals surface area (Å²) < 4.78 is 6.75. The summed E-state index contributed by atoms with van der Waals surface area (Å²) in [5.74, 6) is -2.70. The Kier molecular flexibility index (Phi) is 5.53. The highest BCUT2D eigenvalue weighted by molar-refractivity contribution is 6.29. The Labute approximate surface area is 202 Å². The number of Topliss-reactive ketones (excluding diaryl/α,β-unsaturated/α-hetero) is 3. The lowest BCUT2D eigenvalue weighted by Crippen LogP contribution is -2.31. The summed E-state index contributed by atoms with van der Waals surface area (Å²) in [6.45, 7) is 1.73. The third-order valence-corrected chi connectivity index (χ3v) is 6.47. The van der Waals surface area contributed by atoms with E-state index < -0.39 is 11.8 Å². The van der Waals surface area contributed by atoms with Crippen molar-refractivity contribution < 1.29 is 19.1 Å². The first-order chi connectivity index (χ1) is 16.9. The zero-order chi connectivity index (χ0) is 24.7. The average molecular weight is 466 g/mol. The lowest BCUT2D eigenvalue weighted by atomic mass is 9.77. The van der Waals surface area contributed by atoms with Crippen molar-refractivity contribution in [3.63, 3.8) is 0 Å². The Bertz CT molecular complexity index is 1420. The average Bonchev–Trinajstić information content (AvgIpc) is 3.33. The maximum absolute atomic E-state index is 14.0.